The van der Waals surface area contributed by atoms with Crippen LogP contribution in [0.1, 0.15) is 11.1 Å². The zero-order valence-corrected chi connectivity index (χ0v) is 19.2. The lowest BCUT2D eigenvalue weighted by molar-refractivity contribution is 0.486. The summed E-state index contributed by atoms with van der Waals surface area (Å²) in [5.41, 5.74) is 1.50. The normalized spacial score (nSPS) is 12.2. The Kier molecular flexibility index (Phi) is 6.17. The van der Waals surface area contributed by atoms with E-state index < -0.39 is 20.1 Å². The van der Waals surface area contributed by atoms with Crippen molar-refractivity contribution in [3.63, 3.8) is 0 Å². The Morgan fingerprint density at radius 2 is 1.39 bits per heavy atom. The second kappa shape index (κ2) is 9.05. The number of rotatable bonds is 7. The topological polar surface area (TPSA) is 102 Å². The van der Waals surface area contributed by atoms with Gasteiger partial charge in [0.25, 0.3) is 10.0 Å². The third-order valence-corrected chi connectivity index (χ3v) is 7.30. The molecule has 0 aliphatic heterocycles. The van der Waals surface area contributed by atoms with E-state index in [0.717, 1.165) is 16.3 Å². The van der Waals surface area contributed by atoms with Gasteiger partial charge < -0.3 is 4.18 Å². The minimum Gasteiger partial charge on any atom is -0.379 e. The molecule has 0 bridgehead atoms. The van der Waals surface area contributed by atoms with Crippen molar-refractivity contribution in [1.29, 1.82) is 0 Å². The predicted octanol–water partition coefficient (Wildman–Crippen LogP) is 4.23. The van der Waals surface area contributed by atoms with Gasteiger partial charge in [0.15, 0.2) is 0 Å². The smallest absolute Gasteiger partial charge is 0.339 e. The van der Waals surface area contributed by atoms with Crippen LogP contribution in [0.3, 0.4) is 0 Å². The number of hydrogen-bond donors (Lipinski definition) is 1. The fourth-order valence-electron chi connectivity index (χ4n) is 3.05. The summed E-state index contributed by atoms with van der Waals surface area (Å²) >= 11 is 0. The van der Waals surface area contributed by atoms with Crippen LogP contribution < -0.4 is 9.01 Å². The van der Waals surface area contributed by atoms with Crippen LogP contribution in [0.5, 0.6) is 5.75 Å². The molecular weight excluding hydrogens is 460 g/mol. The van der Waals surface area contributed by atoms with Crippen molar-refractivity contribution in [3.8, 4) is 5.75 Å². The lowest BCUT2D eigenvalue weighted by Gasteiger charge is -2.08. The van der Waals surface area contributed by atoms with Crippen LogP contribution >= 0.6 is 0 Å². The molecule has 0 radical (unpaired) electrons. The summed E-state index contributed by atoms with van der Waals surface area (Å²) < 4.78 is 55.0. The SMILES string of the molecule is Cc1ccc(S(=O)(=O)N/N=C\c2ccc(OS(=O)(=O)c3ccc4ccccc4c3)cc2)cc1. The van der Waals surface area contributed by atoms with E-state index in [-0.39, 0.29) is 15.5 Å². The zero-order chi connectivity index (χ0) is 23.5. The molecule has 0 aliphatic rings. The van der Waals surface area contributed by atoms with Crippen molar-refractivity contribution in [2.24, 2.45) is 5.10 Å². The summed E-state index contributed by atoms with van der Waals surface area (Å²) in [6.45, 7) is 1.86. The van der Waals surface area contributed by atoms with Gasteiger partial charge in [-0.25, -0.2) is 4.83 Å². The highest BCUT2D eigenvalue weighted by molar-refractivity contribution is 7.89. The number of hydrogen-bond acceptors (Lipinski definition) is 6. The molecule has 0 aromatic heterocycles. The molecule has 168 valence electrons. The lowest BCUT2D eigenvalue weighted by atomic mass is 10.1. The number of aryl methyl sites for hydroxylation is 1. The Morgan fingerprint density at radius 3 is 2.09 bits per heavy atom. The minimum atomic E-state index is -4.01. The van der Waals surface area contributed by atoms with Gasteiger partial charge in [-0.3, -0.25) is 0 Å². The Hall–Kier alpha value is -3.69. The van der Waals surface area contributed by atoms with Crippen LogP contribution in [0.4, 0.5) is 0 Å². The van der Waals surface area contributed by atoms with Crippen LogP contribution in [0.25, 0.3) is 10.8 Å². The maximum atomic E-state index is 12.6. The van der Waals surface area contributed by atoms with Crippen LogP contribution in [-0.4, -0.2) is 23.1 Å². The number of nitrogens with zero attached hydrogens (tertiary/aromatic N) is 1. The van der Waals surface area contributed by atoms with Gasteiger partial charge in [-0.15, -0.1) is 0 Å². The van der Waals surface area contributed by atoms with E-state index in [0.29, 0.717) is 5.56 Å². The maximum absolute atomic E-state index is 12.6. The third-order valence-electron chi connectivity index (χ3n) is 4.81. The van der Waals surface area contributed by atoms with Gasteiger partial charge >= 0.3 is 10.1 Å². The Balaban J connectivity index is 1.43. The number of hydrazone groups is 1. The zero-order valence-electron chi connectivity index (χ0n) is 17.5. The molecule has 0 saturated carbocycles. The van der Waals surface area contributed by atoms with Crippen molar-refractivity contribution in [2.75, 3.05) is 0 Å². The standard InChI is InChI=1S/C24H20N2O5S2/c1-18-6-13-23(14-7-18)32(27,28)26-25-17-19-8-11-22(12-9-19)31-33(29,30)24-15-10-20-4-2-3-5-21(20)16-24/h2-17,26H,1H3/b25-17-. The maximum Gasteiger partial charge on any atom is 0.339 e. The summed E-state index contributed by atoms with van der Waals surface area (Å²) in [5.74, 6) is 0.126. The van der Waals surface area contributed by atoms with E-state index in [1.807, 2.05) is 31.2 Å². The summed E-state index contributed by atoms with van der Waals surface area (Å²) in [6.07, 6.45) is 1.31. The average molecular weight is 481 g/mol. The van der Waals surface area contributed by atoms with E-state index in [1.165, 1.54) is 36.5 Å². The van der Waals surface area contributed by atoms with E-state index >= 15 is 0 Å². The highest BCUT2D eigenvalue weighted by atomic mass is 32.2. The first kappa shape index (κ1) is 22.5. The fourth-order valence-corrected chi connectivity index (χ4v) is 4.81. The molecule has 0 atom stereocenters. The molecule has 33 heavy (non-hydrogen) atoms. The van der Waals surface area contributed by atoms with Crippen molar-refractivity contribution in [1.82, 2.24) is 4.83 Å². The highest BCUT2D eigenvalue weighted by Crippen LogP contribution is 2.23. The van der Waals surface area contributed by atoms with Gasteiger partial charge in [-0.1, -0.05) is 48.0 Å². The van der Waals surface area contributed by atoms with Gasteiger partial charge in [0, 0.05) is 0 Å². The summed E-state index contributed by atoms with van der Waals surface area (Å²) in [7, 11) is -7.79. The van der Waals surface area contributed by atoms with Gasteiger partial charge in [-0.05, 0) is 71.8 Å². The molecule has 7 nitrogen and oxygen atoms in total. The summed E-state index contributed by atoms with van der Waals surface area (Å²) in [4.78, 5) is 2.30. The molecular formula is C24H20N2O5S2. The Labute approximate surface area is 192 Å². The van der Waals surface area contributed by atoms with Gasteiger partial charge in [0.1, 0.15) is 10.6 Å². The largest absolute Gasteiger partial charge is 0.379 e. The molecule has 0 saturated heterocycles. The first-order valence-electron chi connectivity index (χ1n) is 9.88. The van der Waals surface area contributed by atoms with Crippen molar-refractivity contribution >= 4 is 37.1 Å². The van der Waals surface area contributed by atoms with E-state index in [4.69, 9.17) is 4.18 Å². The molecule has 0 aliphatic carbocycles. The molecule has 0 unspecified atom stereocenters. The number of benzene rings is 4. The van der Waals surface area contributed by atoms with Crippen molar-refractivity contribution in [2.45, 2.75) is 16.7 Å². The first-order valence-corrected chi connectivity index (χ1v) is 12.8. The van der Waals surface area contributed by atoms with Gasteiger partial charge in [-0.2, -0.15) is 21.9 Å². The molecule has 9 heteroatoms. The second-order valence-corrected chi connectivity index (χ2v) is 10.5. The van der Waals surface area contributed by atoms with E-state index in [2.05, 4.69) is 9.93 Å². The predicted molar refractivity (Wildman–Crippen MR) is 127 cm³/mol. The Morgan fingerprint density at radius 1 is 0.758 bits per heavy atom. The van der Waals surface area contributed by atoms with Crippen LogP contribution in [0, 0.1) is 6.92 Å². The van der Waals surface area contributed by atoms with Crippen molar-refractivity contribution in [3.05, 3.63) is 102 Å². The molecule has 1 N–H and O–H groups in total. The Bertz CT molecular complexity index is 1530. The first-order chi connectivity index (χ1) is 15.7. The molecule has 0 heterocycles. The van der Waals surface area contributed by atoms with Gasteiger partial charge in [0.2, 0.25) is 0 Å². The second-order valence-electron chi connectivity index (χ2n) is 7.28. The fraction of sp³-hybridized carbons (Fsp3) is 0.0417. The van der Waals surface area contributed by atoms with Gasteiger partial charge in [0.05, 0.1) is 11.1 Å². The van der Waals surface area contributed by atoms with Crippen LogP contribution in [0.15, 0.2) is 106 Å². The third kappa shape index (κ3) is 5.39. The minimum absolute atomic E-state index is 0.0531. The molecule has 0 spiro atoms. The highest BCUT2D eigenvalue weighted by Gasteiger charge is 2.17. The molecule has 4 aromatic carbocycles. The molecule has 0 fully saturated rings. The van der Waals surface area contributed by atoms with Crippen LogP contribution in [-0.2, 0) is 20.1 Å². The monoisotopic (exact) mass is 480 g/mol. The van der Waals surface area contributed by atoms with E-state index in [9.17, 15) is 16.8 Å². The van der Waals surface area contributed by atoms with E-state index in [1.54, 1.807) is 36.4 Å². The molecule has 0 amide bonds. The number of sulfonamides is 1. The summed E-state index contributed by atoms with van der Waals surface area (Å²) in [6, 6.07) is 24.7. The molecule has 4 rings (SSSR count). The summed E-state index contributed by atoms with van der Waals surface area (Å²) in [5, 5.41) is 5.49. The molecule has 4 aromatic rings. The average Bonchev–Trinajstić information content (AvgIpc) is 2.80. The quantitative estimate of drug-likeness (QED) is 0.242. The number of fused-ring (bicyclic) bond motifs is 1. The lowest BCUT2D eigenvalue weighted by Crippen LogP contribution is -2.18. The number of nitrogens with one attached hydrogen (secondary N) is 1. The van der Waals surface area contributed by atoms with Crippen molar-refractivity contribution < 1.29 is 21.0 Å². The van der Waals surface area contributed by atoms with Crippen LogP contribution in [0.2, 0.25) is 0 Å².